The van der Waals surface area contributed by atoms with Gasteiger partial charge in [0, 0.05) is 13.0 Å². The second kappa shape index (κ2) is 7.88. The first-order chi connectivity index (χ1) is 9.90. The smallest absolute Gasteiger partial charge is 0.326 e. The third kappa shape index (κ3) is 5.94. The first-order valence-electron chi connectivity index (χ1n) is 6.43. The van der Waals surface area contributed by atoms with E-state index in [4.69, 9.17) is 10.2 Å². The molecule has 0 heterocycles. The van der Waals surface area contributed by atoms with E-state index in [1.54, 1.807) is 0 Å². The van der Waals surface area contributed by atoms with Crippen LogP contribution in [0.1, 0.15) is 24.0 Å². The lowest BCUT2D eigenvalue weighted by Gasteiger charge is -2.14. The third-order valence-corrected chi connectivity index (χ3v) is 2.95. The molecule has 0 aliphatic rings. The van der Waals surface area contributed by atoms with Crippen LogP contribution >= 0.6 is 0 Å². The van der Waals surface area contributed by atoms with Crippen LogP contribution in [0.15, 0.2) is 24.3 Å². The number of urea groups is 1. The average Bonchev–Trinajstić information content (AvgIpc) is 2.42. The van der Waals surface area contributed by atoms with Crippen molar-refractivity contribution in [3.8, 4) is 0 Å². The van der Waals surface area contributed by atoms with Gasteiger partial charge in [-0.05, 0) is 24.5 Å². The van der Waals surface area contributed by atoms with Gasteiger partial charge in [0.1, 0.15) is 6.04 Å². The number of carbonyl (C=O) groups is 3. The fraction of sp³-hybridized carbons (Fsp3) is 0.357. The van der Waals surface area contributed by atoms with Crippen molar-refractivity contribution in [3.05, 3.63) is 35.4 Å². The molecule has 0 unspecified atom stereocenters. The Bertz CT molecular complexity index is 530. The lowest BCUT2D eigenvalue weighted by atomic mass is 10.1. The van der Waals surface area contributed by atoms with Crippen LogP contribution in [0.25, 0.3) is 0 Å². The molecular weight excluding hydrogens is 276 g/mol. The molecule has 0 bridgehead atoms. The Labute approximate surface area is 122 Å². The number of benzene rings is 1. The minimum atomic E-state index is -1.26. The lowest BCUT2D eigenvalue weighted by Crippen LogP contribution is -2.46. The minimum Gasteiger partial charge on any atom is -0.481 e. The Hall–Kier alpha value is -2.57. The van der Waals surface area contributed by atoms with Gasteiger partial charge in [-0.3, -0.25) is 4.79 Å². The molecule has 1 atom stereocenters. The van der Waals surface area contributed by atoms with Crippen molar-refractivity contribution in [1.29, 1.82) is 0 Å². The van der Waals surface area contributed by atoms with E-state index >= 15 is 0 Å². The van der Waals surface area contributed by atoms with Crippen LogP contribution in [-0.4, -0.2) is 34.2 Å². The fourth-order valence-corrected chi connectivity index (χ4v) is 1.72. The van der Waals surface area contributed by atoms with E-state index in [1.807, 2.05) is 31.2 Å². The second-order valence-electron chi connectivity index (χ2n) is 4.58. The molecule has 4 N–H and O–H groups in total. The molecule has 114 valence electrons. The summed E-state index contributed by atoms with van der Waals surface area (Å²) in [4.78, 5) is 33.0. The van der Waals surface area contributed by atoms with E-state index in [2.05, 4.69) is 10.6 Å². The number of carboxylic acid groups (broad SMARTS) is 2. The molecule has 1 rings (SSSR count). The first-order valence-corrected chi connectivity index (χ1v) is 6.43. The van der Waals surface area contributed by atoms with Crippen molar-refractivity contribution >= 4 is 18.0 Å². The van der Waals surface area contributed by atoms with Gasteiger partial charge >= 0.3 is 18.0 Å². The van der Waals surface area contributed by atoms with Crippen LogP contribution in [-0.2, 0) is 16.1 Å². The van der Waals surface area contributed by atoms with Crippen molar-refractivity contribution in [1.82, 2.24) is 10.6 Å². The van der Waals surface area contributed by atoms with Crippen molar-refractivity contribution < 1.29 is 24.6 Å². The maximum atomic E-state index is 11.7. The number of amides is 2. The number of nitrogens with one attached hydrogen (secondary N) is 2. The summed E-state index contributed by atoms with van der Waals surface area (Å²) in [6.07, 6.45) is -0.489. The largest absolute Gasteiger partial charge is 0.481 e. The van der Waals surface area contributed by atoms with Crippen LogP contribution in [0.2, 0.25) is 0 Å². The third-order valence-electron chi connectivity index (χ3n) is 2.95. The zero-order valence-electron chi connectivity index (χ0n) is 11.6. The fourth-order valence-electron chi connectivity index (χ4n) is 1.72. The molecule has 0 saturated carbocycles. The summed E-state index contributed by atoms with van der Waals surface area (Å²) < 4.78 is 0. The van der Waals surface area contributed by atoms with E-state index < -0.39 is 24.0 Å². The van der Waals surface area contributed by atoms with Gasteiger partial charge < -0.3 is 20.8 Å². The molecule has 0 aliphatic carbocycles. The number of hydrogen-bond donors (Lipinski definition) is 4. The number of aliphatic carboxylic acids is 2. The monoisotopic (exact) mass is 294 g/mol. The SMILES string of the molecule is Cc1ccccc1CNC(=O)N[C@@H](CCC(=O)O)C(=O)O. The highest BCUT2D eigenvalue weighted by Crippen LogP contribution is 2.06. The Balaban J connectivity index is 2.49. The van der Waals surface area contributed by atoms with Gasteiger partial charge in [0.2, 0.25) is 0 Å². The van der Waals surface area contributed by atoms with Crippen LogP contribution in [0.5, 0.6) is 0 Å². The summed E-state index contributed by atoms with van der Waals surface area (Å²) in [5.41, 5.74) is 1.93. The number of hydrogen-bond acceptors (Lipinski definition) is 3. The standard InChI is InChI=1S/C14H18N2O5/c1-9-4-2-3-5-10(9)8-15-14(21)16-11(13(19)20)6-7-12(17)18/h2-5,11H,6-8H2,1H3,(H,17,18)(H,19,20)(H2,15,16,21)/t11-/m0/s1. The van der Waals surface area contributed by atoms with Gasteiger partial charge in [-0.25, -0.2) is 9.59 Å². The maximum Gasteiger partial charge on any atom is 0.326 e. The molecule has 2 amide bonds. The summed E-state index contributed by atoms with van der Waals surface area (Å²) in [5, 5.41) is 22.3. The highest BCUT2D eigenvalue weighted by Gasteiger charge is 2.20. The van der Waals surface area contributed by atoms with Gasteiger partial charge in [0.05, 0.1) is 0 Å². The summed E-state index contributed by atoms with van der Waals surface area (Å²) in [7, 11) is 0. The van der Waals surface area contributed by atoms with E-state index in [1.165, 1.54) is 0 Å². The van der Waals surface area contributed by atoms with E-state index in [9.17, 15) is 14.4 Å². The van der Waals surface area contributed by atoms with Crippen LogP contribution in [0.4, 0.5) is 4.79 Å². The Morgan fingerprint density at radius 3 is 2.43 bits per heavy atom. The number of aryl methyl sites for hydroxylation is 1. The quantitative estimate of drug-likeness (QED) is 0.601. The predicted molar refractivity (Wildman–Crippen MR) is 74.8 cm³/mol. The molecule has 7 nitrogen and oxygen atoms in total. The van der Waals surface area contributed by atoms with E-state index in [0.29, 0.717) is 0 Å². The Kier molecular flexibility index (Phi) is 6.19. The molecule has 21 heavy (non-hydrogen) atoms. The summed E-state index contributed by atoms with van der Waals surface area (Å²) >= 11 is 0. The van der Waals surface area contributed by atoms with Crippen LogP contribution in [0.3, 0.4) is 0 Å². The molecule has 1 aromatic rings. The molecule has 0 fully saturated rings. The first kappa shape index (κ1) is 16.5. The van der Waals surface area contributed by atoms with Crippen molar-refractivity contribution in [3.63, 3.8) is 0 Å². The average molecular weight is 294 g/mol. The molecule has 1 aromatic carbocycles. The normalized spacial score (nSPS) is 11.5. The predicted octanol–water partition coefficient (Wildman–Crippen LogP) is 1.11. The number of rotatable bonds is 7. The molecule has 0 spiro atoms. The van der Waals surface area contributed by atoms with Crippen molar-refractivity contribution in [2.24, 2.45) is 0 Å². The zero-order valence-corrected chi connectivity index (χ0v) is 11.6. The van der Waals surface area contributed by atoms with Gasteiger partial charge in [-0.2, -0.15) is 0 Å². The highest BCUT2D eigenvalue weighted by atomic mass is 16.4. The lowest BCUT2D eigenvalue weighted by molar-refractivity contribution is -0.140. The van der Waals surface area contributed by atoms with Gasteiger partial charge in [-0.15, -0.1) is 0 Å². The van der Waals surface area contributed by atoms with Gasteiger partial charge in [0.15, 0.2) is 0 Å². The molecule has 0 aliphatic heterocycles. The van der Waals surface area contributed by atoms with E-state index in [-0.39, 0.29) is 19.4 Å². The molecule has 0 aromatic heterocycles. The zero-order chi connectivity index (χ0) is 15.8. The topological polar surface area (TPSA) is 116 Å². The maximum absolute atomic E-state index is 11.7. The molecule has 0 radical (unpaired) electrons. The van der Waals surface area contributed by atoms with Crippen molar-refractivity contribution in [2.45, 2.75) is 32.4 Å². The van der Waals surface area contributed by atoms with Crippen molar-refractivity contribution in [2.75, 3.05) is 0 Å². The van der Waals surface area contributed by atoms with E-state index in [0.717, 1.165) is 11.1 Å². The highest BCUT2D eigenvalue weighted by molar-refractivity contribution is 5.83. The summed E-state index contributed by atoms with van der Waals surface area (Å²) in [6, 6.07) is 5.62. The van der Waals surface area contributed by atoms with Gasteiger partial charge in [-0.1, -0.05) is 24.3 Å². The molecule has 7 heteroatoms. The van der Waals surface area contributed by atoms with Gasteiger partial charge in [0.25, 0.3) is 0 Å². The number of carbonyl (C=O) groups excluding carboxylic acids is 1. The Morgan fingerprint density at radius 2 is 1.86 bits per heavy atom. The summed E-state index contributed by atoms with van der Waals surface area (Å²) in [5.74, 6) is -2.37. The molecular formula is C14H18N2O5. The Morgan fingerprint density at radius 1 is 1.19 bits per heavy atom. The minimum absolute atomic E-state index is 0.164. The molecule has 0 saturated heterocycles. The van der Waals surface area contributed by atoms with Crippen LogP contribution in [0, 0.1) is 6.92 Å². The number of carboxylic acids is 2. The van der Waals surface area contributed by atoms with Crippen LogP contribution < -0.4 is 10.6 Å². The summed E-state index contributed by atoms with van der Waals surface area (Å²) in [6.45, 7) is 2.17. The second-order valence-corrected chi connectivity index (χ2v) is 4.58.